The van der Waals surface area contributed by atoms with Crippen LogP contribution in [0.3, 0.4) is 0 Å². The second-order valence-electron chi connectivity index (χ2n) is 6.67. The van der Waals surface area contributed by atoms with Gasteiger partial charge in [0.25, 0.3) is 5.91 Å². The zero-order chi connectivity index (χ0) is 19.6. The zero-order valence-electron chi connectivity index (χ0n) is 15.8. The molecule has 1 aliphatic rings. The van der Waals surface area contributed by atoms with E-state index >= 15 is 0 Å². The molecule has 27 heavy (non-hydrogen) atoms. The molecular weight excluding hydrogens is 364 g/mol. The summed E-state index contributed by atoms with van der Waals surface area (Å²) in [4.78, 5) is 12.6. The normalized spacial score (nSPS) is 13.5. The second kappa shape index (κ2) is 7.70. The number of sulfonamides is 1. The first kappa shape index (κ1) is 19.4. The summed E-state index contributed by atoms with van der Waals surface area (Å²) >= 11 is 0. The third-order valence-corrected chi connectivity index (χ3v) is 6.46. The Hall–Kier alpha value is -2.38. The number of amides is 1. The highest BCUT2D eigenvalue weighted by Crippen LogP contribution is 2.30. The van der Waals surface area contributed by atoms with Gasteiger partial charge in [-0.15, -0.1) is 0 Å². The Morgan fingerprint density at radius 1 is 1.11 bits per heavy atom. The van der Waals surface area contributed by atoms with Gasteiger partial charge in [-0.25, -0.2) is 12.7 Å². The second-order valence-corrected chi connectivity index (χ2v) is 8.79. The lowest BCUT2D eigenvalue weighted by molar-refractivity contribution is 0.102. The standard InChI is InChI=1S/C20H24N2O4S/c1-4-26-18-11-10-17(13-19(18)27(24,25)22(2)3)21-20(23)16-9-8-14-6-5-7-15(14)12-16/h8-13H,4-7H2,1-3H3,(H,21,23). The topological polar surface area (TPSA) is 75.7 Å². The van der Waals surface area contributed by atoms with Crippen LogP contribution in [0.5, 0.6) is 5.75 Å². The van der Waals surface area contributed by atoms with E-state index in [1.807, 2.05) is 18.2 Å². The van der Waals surface area contributed by atoms with E-state index in [-0.39, 0.29) is 16.6 Å². The van der Waals surface area contributed by atoms with E-state index in [9.17, 15) is 13.2 Å². The molecule has 3 rings (SSSR count). The maximum Gasteiger partial charge on any atom is 0.255 e. The number of benzene rings is 2. The molecule has 7 heteroatoms. The Bertz CT molecular complexity index is 968. The van der Waals surface area contributed by atoms with E-state index in [0.717, 1.165) is 23.6 Å². The lowest BCUT2D eigenvalue weighted by Gasteiger charge is -2.16. The summed E-state index contributed by atoms with van der Waals surface area (Å²) in [6.45, 7) is 2.13. The van der Waals surface area contributed by atoms with Gasteiger partial charge >= 0.3 is 0 Å². The molecule has 6 nitrogen and oxygen atoms in total. The van der Waals surface area contributed by atoms with E-state index in [1.165, 1.54) is 31.3 Å². The number of hydrogen-bond acceptors (Lipinski definition) is 4. The SMILES string of the molecule is CCOc1ccc(NC(=O)c2ccc3c(c2)CCC3)cc1S(=O)(=O)N(C)C. The summed E-state index contributed by atoms with van der Waals surface area (Å²) in [6.07, 6.45) is 3.16. The van der Waals surface area contributed by atoms with Crippen LogP contribution in [0, 0.1) is 0 Å². The zero-order valence-corrected chi connectivity index (χ0v) is 16.6. The number of carbonyl (C=O) groups excluding carboxylic acids is 1. The predicted molar refractivity (Wildman–Crippen MR) is 105 cm³/mol. The van der Waals surface area contributed by atoms with Gasteiger partial charge in [0.1, 0.15) is 10.6 Å². The molecule has 0 aliphatic heterocycles. The van der Waals surface area contributed by atoms with Crippen LogP contribution in [0.4, 0.5) is 5.69 Å². The van der Waals surface area contributed by atoms with Gasteiger partial charge in [-0.3, -0.25) is 4.79 Å². The number of nitrogens with zero attached hydrogens (tertiary/aromatic N) is 1. The lowest BCUT2D eigenvalue weighted by atomic mass is 10.1. The smallest absolute Gasteiger partial charge is 0.255 e. The summed E-state index contributed by atoms with van der Waals surface area (Å²) in [5, 5.41) is 2.79. The van der Waals surface area contributed by atoms with Gasteiger partial charge in [0.2, 0.25) is 10.0 Å². The van der Waals surface area contributed by atoms with Crippen molar-refractivity contribution in [2.75, 3.05) is 26.0 Å². The van der Waals surface area contributed by atoms with Gasteiger partial charge in [0.05, 0.1) is 6.61 Å². The molecule has 0 radical (unpaired) electrons. The van der Waals surface area contributed by atoms with Crippen LogP contribution in [0.15, 0.2) is 41.3 Å². The van der Waals surface area contributed by atoms with Crippen LogP contribution >= 0.6 is 0 Å². The van der Waals surface area contributed by atoms with E-state index in [2.05, 4.69) is 5.32 Å². The summed E-state index contributed by atoms with van der Waals surface area (Å²) in [5.41, 5.74) is 3.49. The molecule has 0 saturated carbocycles. The molecule has 0 aromatic heterocycles. The quantitative estimate of drug-likeness (QED) is 0.825. The molecule has 0 atom stereocenters. The highest BCUT2D eigenvalue weighted by molar-refractivity contribution is 7.89. The first-order valence-corrected chi connectivity index (χ1v) is 10.4. The highest BCUT2D eigenvalue weighted by Gasteiger charge is 2.23. The minimum Gasteiger partial charge on any atom is -0.492 e. The van der Waals surface area contributed by atoms with Gasteiger partial charge in [-0.05, 0) is 67.6 Å². The van der Waals surface area contributed by atoms with Crippen LogP contribution in [-0.4, -0.2) is 39.3 Å². The molecule has 0 bridgehead atoms. The molecule has 2 aromatic carbocycles. The minimum atomic E-state index is -3.70. The first-order valence-electron chi connectivity index (χ1n) is 8.95. The van der Waals surface area contributed by atoms with Crippen molar-refractivity contribution in [3.63, 3.8) is 0 Å². The van der Waals surface area contributed by atoms with E-state index in [1.54, 1.807) is 19.1 Å². The van der Waals surface area contributed by atoms with Crippen molar-refractivity contribution in [1.82, 2.24) is 4.31 Å². The van der Waals surface area contributed by atoms with Gasteiger partial charge in [-0.2, -0.15) is 0 Å². The molecule has 0 unspecified atom stereocenters. The molecule has 0 heterocycles. The summed E-state index contributed by atoms with van der Waals surface area (Å²) in [7, 11) is -0.785. The third kappa shape index (κ3) is 3.99. The van der Waals surface area contributed by atoms with Crippen LogP contribution < -0.4 is 10.1 Å². The van der Waals surface area contributed by atoms with Crippen molar-refractivity contribution in [2.24, 2.45) is 0 Å². The Morgan fingerprint density at radius 3 is 2.56 bits per heavy atom. The van der Waals surface area contributed by atoms with Crippen molar-refractivity contribution in [1.29, 1.82) is 0 Å². The number of carbonyl (C=O) groups is 1. The molecule has 0 spiro atoms. The maximum atomic E-state index is 12.6. The van der Waals surface area contributed by atoms with Crippen LogP contribution in [0.1, 0.15) is 34.8 Å². The molecular formula is C20H24N2O4S. The lowest BCUT2D eigenvalue weighted by Crippen LogP contribution is -2.23. The number of ether oxygens (including phenoxy) is 1. The number of anilines is 1. The van der Waals surface area contributed by atoms with Crippen LogP contribution in [-0.2, 0) is 22.9 Å². The predicted octanol–water partition coefficient (Wildman–Crippen LogP) is 3.08. The molecule has 144 valence electrons. The summed E-state index contributed by atoms with van der Waals surface area (Å²) in [6, 6.07) is 10.4. The van der Waals surface area contributed by atoms with Crippen LogP contribution in [0.2, 0.25) is 0 Å². The van der Waals surface area contributed by atoms with Gasteiger partial charge in [-0.1, -0.05) is 6.07 Å². The van der Waals surface area contributed by atoms with Crippen molar-refractivity contribution < 1.29 is 17.9 Å². The summed E-state index contributed by atoms with van der Waals surface area (Å²) < 4.78 is 31.8. The van der Waals surface area contributed by atoms with E-state index in [4.69, 9.17) is 4.74 Å². The van der Waals surface area contributed by atoms with Crippen molar-refractivity contribution in [2.45, 2.75) is 31.1 Å². The van der Waals surface area contributed by atoms with Gasteiger partial charge < -0.3 is 10.1 Å². The average molecular weight is 388 g/mol. The number of hydrogen-bond donors (Lipinski definition) is 1. The van der Waals surface area contributed by atoms with Crippen molar-refractivity contribution in [3.05, 3.63) is 53.1 Å². The average Bonchev–Trinajstić information content (AvgIpc) is 3.10. The number of rotatable bonds is 6. The fourth-order valence-corrected chi connectivity index (χ4v) is 4.23. The largest absolute Gasteiger partial charge is 0.492 e. The fourth-order valence-electron chi connectivity index (χ4n) is 3.18. The summed E-state index contributed by atoms with van der Waals surface area (Å²) in [5.74, 6) is 0.00351. The molecule has 1 aliphatic carbocycles. The first-order chi connectivity index (χ1) is 12.8. The third-order valence-electron chi connectivity index (χ3n) is 4.62. The molecule has 0 fully saturated rings. The number of aryl methyl sites for hydroxylation is 2. The fraction of sp³-hybridized carbons (Fsp3) is 0.350. The van der Waals surface area contributed by atoms with Gasteiger partial charge in [0, 0.05) is 25.3 Å². The Morgan fingerprint density at radius 2 is 1.85 bits per heavy atom. The number of fused-ring (bicyclic) bond motifs is 1. The van der Waals surface area contributed by atoms with Gasteiger partial charge in [0.15, 0.2) is 0 Å². The molecule has 1 amide bonds. The minimum absolute atomic E-state index is 0.0288. The van der Waals surface area contributed by atoms with E-state index in [0.29, 0.717) is 17.9 Å². The highest BCUT2D eigenvalue weighted by atomic mass is 32.2. The van der Waals surface area contributed by atoms with Crippen molar-refractivity contribution in [3.8, 4) is 5.75 Å². The van der Waals surface area contributed by atoms with E-state index < -0.39 is 10.0 Å². The monoisotopic (exact) mass is 388 g/mol. The Kier molecular flexibility index (Phi) is 5.53. The molecule has 0 saturated heterocycles. The Balaban J connectivity index is 1.90. The number of nitrogens with one attached hydrogen (secondary N) is 1. The van der Waals surface area contributed by atoms with Crippen molar-refractivity contribution >= 4 is 21.6 Å². The molecule has 1 N–H and O–H groups in total. The maximum absolute atomic E-state index is 12.6. The van der Waals surface area contributed by atoms with Crippen LogP contribution in [0.25, 0.3) is 0 Å². The Labute approximate surface area is 160 Å². The molecule has 2 aromatic rings.